The molecule has 0 bridgehead atoms. The first kappa shape index (κ1) is 12.2. The third-order valence-electron chi connectivity index (χ3n) is 2.92. The summed E-state index contributed by atoms with van der Waals surface area (Å²) in [5, 5.41) is 2.15. The van der Waals surface area contributed by atoms with Gasteiger partial charge in [-0.3, -0.25) is 0 Å². The van der Waals surface area contributed by atoms with E-state index in [0.29, 0.717) is 0 Å². The lowest BCUT2D eigenvalue weighted by molar-refractivity contribution is 0.365. The molecule has 0 radical (unpaired) electrons. The van der Waals surface area contributed by atoms with Gasteiger partial charge in [-0.1, -0.05) is 26.2 Å². The minimum Gasteiger partial charge on any atom is -0.404 e. The minimum atomic E-state index is -0.0822. The Balaban J connectivity index is 1.86. The molecule has 0 aliphatic carbocycles. The number of hydrogen-bond donors (Lipinski definition) is 0. The lowest BCUT2D eigenvalue weighted by Crippen LogP contribution is -2.31. The van der Waals surface area contributed by atoms with Crippen molar-refractivity contribution in [3.8, 4) is 0 Å². The Kier molecular flexibility index (Phi) is 4.88. The van der Waals surface area contributed by atoms with Crippen molar-refractivity contribution in [3.63, 3.8) is 0 Å². The molecule has 0 unspecified atom stereocenters. The predicted octanol–water partition coefficient (Wildman–Crippen LogP) is 2.61. The Morgan fingerprint density at radius 3 is 2.81 bits per heavy atom. The van der Waals surface area contributed by atoms with Gasteiger partial charge >= 0.3 is 7.12 Å². The highest BCUT2D eigenvalue weighted by atomic mass is 32.1. The average molecular weight is 238 g/mol. The van der Waals surface area contributed by atoms with Crippen molar-refractivity contribution in [1.82, 2.24) is 0 Å². The van der Waals surface area contributed by atoms with Gasteiger partial charge < -0.3 is 9.31 Å². The number of aryl methyl sites for hydroxylation is 1. The van der Waals surface area contributed by atoms with Gasteiger partial charge in [-0.05, 0) is 29.9 Å². The molecular formula is C12H19BO2S. The highest BCUT2D eigenvalue weighted by Gasteiger charge is 2.29. The largest absolute Gasteiger partial charge is 0.504 e. The Morgan fingerprint density at radius 2 is 2.06 bits per heavy atom. The highest BCUT2D eigenvalue weighted by Crippen LogP contribution is 2.13. The van der Waals surface area contributed by atoms with E-state index in [1.807, 2.05) is 0 Å². The zero-order valence-electron chi connectivity index (χ0n) is 9.91. The van der Waals surface area contributed by atoms with E-state index in [4.69, 9.17) is 9.31 Å². The molecule has 0 atom stereocenters. The zero-order valence-corrected chi connectivity index (χ0v) is 10.7. The molecule has 0 aromatic carbocycles. The molecule has 88 valence electrons. The second-order valence-electron chi connectivity index (χ2n) is 4.19. The van der Waals surface area contributed by atoms with Crippen LogP contribution in [0.15, 0.2) is 11.4 Å². The number of hydrogen-bond acceptors (Lipinski definition) is 3. The smallest absolute Gasteiger partial charge is 0.404 e. The van der Waals surface area contributed by atoms with Crippen LogP contribution in [0.4, 0.5) is 0 Å². The summed E-state index contributed by atoms with van der Waals surface area (Å²) < 4.78 is 12.4. The van der Waals surface area contributed by atoms with E-state index in [0.717, 1.165) is 13.2 Å². The third-order valence-corrected chi connectivity index (χ3v) is 3.90. The van der Waals surface area contributed by atoms with Crippen molar-refractivity contribution in [2.24, 2.45) is 0 Å². The molecule has 0 amide bonds. The van der Waals surface area contributed by atoms with Crippen LogP contribution in [-0.2, 0) is 15.7 Å². The number of thiophene rings is 1. The Labute approximate surface area is 102 Å². The van der Waals surface area contributed by atoms with Gasteiger partial charge in [0.1, 0.15) is 0 Å². The van der Waals surface area contributed by atoms with Crippen molar-refractivity contribution < 1.29 is 9.31 Å². The van der Waals surface area contributed by atoms with Crippen molar-refractivity contribution in [3.05, 3.63) is 17.0 Å². The summed E-state index contributed by atoms with van der Waals surface area (Å²) in [6, 6.07) is 2.22. The van der Waals surface area contributed by atoms with Crippen LogP contribution in [0.1, 0.15) is 38.2 Å². The number of unbranched alkanes of at least 4 members (excludes halogenated alkanes) is 3. The van der Waals surface area contributed by atoms with Gasteiger partial charge in [-0.25, -0.2) is 0 Å². The standard InChI is InChI=1S/C12H19BO2S/c1-2-3-4-5-6-11-7-10-16-12(11)13-14-8-9-15-13/h7,10H,2-6,8-9H2,1H3. The normalized spacial score (nSPS) is 15.9. The Bertz CT molecular complexity index is 308. The van der Waals surface area contributed by atoms with Crippen LogP contribution in [0.3, 0.4) is 0 Å². The molecule has 4 heteroatoms. The molecule has 1 fully saturated rings. The topological polar surface area (TPSA) is 18.5 Å². The summed E-state index contributed by atoms with van der Waals surface area (Å²) in [6.45, 7) is 3.71. The van der Waals surface area contributed by atoms with E-state index < -0.39 is 0 Å². The summed E-state index contributed by atoms with van der Waals surface area (Å²) >= 11 is 1.76. The third kappa shape index (κ3) is 3.09. The van der Waals surface area contributed by atoms with Gasteiger partial charge in [0, 0.05) is 4.78 Å². The zero-order chi connectivity index (χ0) is 11.2. The monoisotopic (exact) mass is 238 g/mol. The molecule has 2 heterocycles. The lowest BCUT2D eigenvalue weighted by Gasteiger charge is -2.05. The van der Waals surface area contributed by atoms with Crippen LogP contribution >= 0.6 is 11.3 Å². The molecule has 16 heavy (non-hydrogen) atoms. The van der Waals surface area contributed by atoms with Gasteiger partial charge in [-0.15, -0.1) is 0 Å². The van der Waals surface area contributed by atoms with Gasteiger partial charge in [0.05, 0.1) is 13.2 Å². The van der Waals surface area contributed by atoms with Crippen LogP contribution in [0.2, 0.25) is 0 Å². The lowest BCUT2D eigenvalue weighted by atomic mass is 9.84. The Morgan fingerprint density at radius 1 is 1.25 bits per heavy atom. The van der Waals surface area contributed by atoms with Crippen LogP contribution in [-0.4, -0.2) is 20.3 Å². The minimum absolute atomic E-state index is 0.0822. The summed E-state index contributed by atoms with van der Waals surface area (Å²) in [7, 11) is -0.0822. The van der Waals surface area contributed by atoms with Crippen molar-refractivity contribution in [1.29, 1.82) is 0 Å². The van der Waals surface area contributed by atoms with E-state index in [1.54, 1.807) is 11.3 Å². The van der Waals surface area contributed by atoms with Crippen LogP contribution in [0.5, 0.6) is 0 Å². The van der Waals surface area contributed by atoms with Gasteiger partial charge in [0.2, 0.25) is 0 Å². The molecule has 1 aromatic rings. The van der Waals surface area contributed by atoms with Gasteiger partial charge in [-0.2, -0.15) is 11.3 Å². The quantitative estimate of drug-likeness (QED) is 0.560. The number of rotatable bonds is 6. The summed E-state index contributed by atoms with van der Waals surface area (Å²) in [5.74, 6) is 0. The molecule has 0 N–H and O–H groups in total. The van der Waals surface area contributed by atoms with Crippen molar-refractivity contribution in [2.75, 3.05) is 13.2 Å². The Hall–Kier alpha value is -0.315. The first-order chi connectivity index (χ1) is 7.92. The summed E-state index contributed by atoms with van der Waals surface area (Å²) in [6.07, 6.45) is 6.42. The van der Waals surface area contributed by atoms with Crippen molar-refractivity contribution >= 4 is 23.2 Å². The molecule has 1 saturated heterocycles. The fourth-order valence-electron chi connectivity index (χ4n) is 2.01. The van der Waals surface area contributed by atoms with Gasteiger partial charge in [0.25, 0.3) is 0 Å². The molecule has 1 aromatic heterocycles. The summed E-state index contributed by atoms with van der Waals surface area (Å²) in [4.78, 5) is 0. The van der Waals surface area contributed by atoms with Crippen LogP contribution in [0, 0.1) is 0 Å². The second-order valence-corrected chi connectivity index (χ2v) is 5.14. The maximum Gasteiger partial charge on any atom is 0.504 e. The van der Waals surface area contributed by atoms with Crippen molar-refractivity contribution in [2.45, 2.75) is 39.0 Å². The fraction of sp³-hybridized carbons (Fsp3) is 0.667. The molecule has 0 spiro atoms. The highest BCUT2D eigenvalue weighted by molar-refractivity contribution is 7.21. The average Bonchev–Trinajstić information content (AvgIpc) is 2.94. The van der Waals surface area contributed by atoms with E-state index >= 15 is 0 Å². The molecule has 1 aliphatic rings. The molecule has 1 aliphatic heterocycles. The molecule has 2 rings (SSSR count). The van der Waals surface area contributed by atoms with E-state index in [-0.39, 0.29) is 7.12 Å². The SMILES string of the molecule is CCCCCCc1ccsc1B1OCCO1. The fourth-order valence-corrected chi connectivity index (χ4v) is 2.96. The van der Waals surface area contributed by atoms with Crippen LogP contribution in [0.25, 0.3) is 0 Å². The maximum absolute atomic E-state index is 5.55. The second kappa shape index (κ2) is 6.43. The first-order valence-corrected chi connectivity index (χ1v) is 7.09. The predicted molar refractivity (Wildman–Crippen MR) is 69.5 cm³/mol. The van der Waals surface area contributed by atoms with E-state index in [1.165, 1.54) is 42.4 Å². The van der Waals surface area contributed by atoms with Gasteiger partial charge in [0.15, 0.2) is 0 Å². The van der Waals surface area contributed by atoms with E-state index in [9.17, 15) is 0 Å². The molecule has 0 saturated carbocycles. The summed E-state index contributed by atoms with van der Waals surface area (Å²) in [5.41, 5.74) is 1.42. The van der Waals surface area contributed by atoms with Crippen LogP contribution < -0.4 is 4.78 Å². The molecule has 2 nitrogen and oxygen atoms in total. The molecular weight excluding hydrogens is 219 g/mol. The van der Waals surface area contributed by atoms with E-state index in [2.05, 4.69) is 18.4 Å². The maximum atomic E-state index is 5.55. The first-order valence-electron chi connectivity index (χ1n) is 6.21.